The van der Waals surface area contributed by atoms with Gasteiger partial charge in [-0.3, -0.25) is 4.79 Å². The van der Waals surface area contributed by atoms with Crippen LogP contribution in [-0.2, 0) is 30.5 Å². The van der Waals surface area contributed by atoms with E-state index in [1.54, 1.807) is 12.1 Å². The molecule has 0 unspecified atom stereocenters. The van der Waals surface area contributed by atoms with Crippen LogP contribution in [0.1, 0.15) is 37.7 Å². The number of urea groups is 1. The van der Waals surface area contributed by atoms with Crippen molar-refractivity contribution in [1.29, 1.82) is 0 Å². The van der Waals surface area contributed by atoms with Gasteiger partial charge in [0.15, 0.2) is 0 Å². The van der Waals surface area contributed by atoms with E-state index in [9.17, 15) is 9.59 Å². The van der Waals surface area contributed by atoms with E-state index in [4.69, 9.17) is 4.65 Å². The van der Waals surface area contributed by atoms with Crippen molar-refractivity contribution in [3.05, 3.63) is 29.8 Å². The molecule has 0 atom stereocenters. The second kappa shape index (κ2) is 9.67. The predicted octanol–water partition coefficient (Wildman–Crippen LogP) is 1.20. The molecule has 0 saturated heterocycles. The summed E-state index contributed by atoms with van der Waals surface area (Å²) in [6.45, 7) is 3.31. The number of nitrogens with one attached hydrogen (secondary N) is 2. The van der Waals surface area contributed by atoms with Crippen LogP contribution >= 0.6 is 0 Å². The van der Waals surface area contributed by atoms with E-state index in [1.807, 2.05) is 13.0 Å². The summed E-state index contributed by atoms with van der Waals surface area (Å²) in [5.74, 6) is 0. The largest absolute Gasteiger partial charge is 2.00 e. The molecule has 2 rings (SSSR count). The van der Waals surface area contributed by atoms with Crippen LogP contribution in [0.4, 0.5) is 4.79 Å². The molecule has 2 N–H and O–H groups in total. The van der Waals surface area contributed by atoms with Gasteiger partial charge in [0, 0.05) is 6.04 Å². The van der Waals surface area contributed by atoms with Crippen molar-refractivity contribution in [1.82, 2.24) is 10.5 Å². The smallest absolute Gasteiger partial charge is 0.707 e. The van der Waals surface area contributed by atoms with E-state index in [2.05, 4.69) is 16.6 Å². The van der Waals surface area contributed by atoms with Crippen LogP contribution in [0.25, 0.3) is 0 Å². The molecule has 1 saturated carbocycles. The van der Waals surface area contributed by atoms with Crippen LogP contribution in [-0.4, -0.2) is 25.6 Å². The number of hydrogen-bond acceptors (Lipinski definition) is 3. The molecule has 0 radical (unpaired) electrons. The number of carbonyl (C=O) groups excluding carboxylic acids is 2. The molecule has 1 aromatic carbocycles. The maximum atomic E-state index is 12.0. The zero-order valence-electron chi connectivity index (χ0n) is 12.6. The topological polar surface area (TPSA) is 67.4 Å². The van der Waals surface area contributed by atoms with Gasteiger partial charge in [0.2, 0.25) is 0 Å². The zero-order valence-corrected chi connectivity index (χ0v) is 15.5. The number of amides is 2. The molecule has 0 aliphatic heterocycles. The average molecular weight is 470 g/mol. The van der Waals surface area contributed by atoms with Gasteiger partial charge in [-0.2, -0.15) is 29.8 Å². The third-order valence-electron chi connectivity index (χ3n) is 3.64. The minimum Gasteiger partial charge on any atom is -0.707 e. The second-order valence-corrected chi connectivity index (χ2v) is 5.36. The van der Waals surface area contributed by atoms with Gasteiger partial charge < -0.3 is 20.0 Å². The van der Waals surface area contributed by atoms with Crippen LogP contribution < -0.4 is 16.0 Å². The molecule has 0 heterocycles. The van der Waals surface area contributed by atoms with Gasteiger partial charge >= 0.3 is 34.1 Å². The van der Waals surface area contributed by atoms with Crippen LogP contribution in [0.15, 0.2) is 18.2 Å². The molecule has 0 aromatic heterocycles. The fourth-order valence-electron chi connectivity index (χ4n) is 2.49. The summed E-state index contributed by atoms with van der Waals surface area (Å²) in [6, 6.07) is 8.25. The summed E-state index contributed by atoms with van der Waals surface area (Å²) in [6.07, 6.45) is 5.49. The Morgan fingerprint density at radius 3 is 2.68 bits per heavy atom. The monoisotopic (exact) mass is 470 g/mol. The molecule has 1 aliphatic rings. The molecule has 1 fully saturated rings. The van der Waals surface area contributed by atoms with Crippen molar-refractivity contribution in [2.24, 2.45) is 0 Å². The van der Waals surface area contributed by atoms with E-state index in [-0.39, 0.29) is 33.1 Å². The van der Waals surface area contributed by atoms with Crippen LogP contribution in [0.2, 0.25) is 0 Å². The van der Waals surface area contributed by atoms with E-state index in [0.29, 0.717) is 5.46 Å². The standard InChI is InChI=1S/C15H19BN2O3.W/c1-12-7-9-13(10-8-12)16(21-11-19)18-15(20)17-14-5-3-2-4-6-14;/h7-9,14H,2-6H2,1H3,(H2,17,18,20);/q-2;+2. The fraction of sp³-hybridized carbons (Fsp3) is 0.467. The molecule has 1 aliphatic carbocycles. The Kier molecular flexibility index (Phi) is 8.25. The first-order chi connectivity index (χ1) is 10.2. The molecular weight excluding hydrogens is 451 g/mol. The molecule has 1 aromatic rings. The van der Waals surface area contributed by atoms with Crippen LogP contribution in [0.5, 0.6) is 0 Å². The number of hydrogen-bond donors (Lipinski definition) is 2. The number of carbonyl (C=O) groups is 1. The normalized spacial score (nSPS) is 14.4. The maximum absolute atomic E-state index is 12.0. The number of benzene rings is 1. The minimum absolute atomic E-state index is 0. The number of rotatable bonds is 5. The van der Waals surface area contributed by atoms with E-state index in [0.717, 1.165) is 31.2 Å². The van der Waals surface area contributed by atoms with E-state index in [1.165, 1.54) is 12.9 Å². The van der Waals surface area contributed by atoms with Crippen LogP contribution in [0.3, 0.4) is 0 Å². The zero-order chi connectivity index (χ0) is 15.1. The Hall–Kier alpha value is -1.29. The minimum atomic E-state index is -0.869. The van der Waals surface area contributed by atoms with Gasteiger partial charge in [-0.1, -0.05) is 32.7 Å². The van der Waals surface area contributed by atoms with E-state index >= 15 is 0 Å². The molecule has 7 heteroatoms. The van der Waals surface area contributed by atoms with Gasteiger partial charge in [0.05, 0.1) is 0 Å². The SMILES string of the molecule is Cc1c[c-]c(B(NC(=O)NC2CCCCC2)O[C-]=O)cc1.[W+2]. The fourth-order valence-corrected chi connectivity index (χ4v) is 2.49. The summed E-state index contributed by atoms with van der Waals surface area (Å²) < 4.78 is 4.82. The van der Waals surface area contributed by atoms with Crippen molar-refractivity contribution >= 4 is 25.0 Å². The Morgan fingerprint density at radius 2 is 2.09 bits per heavy atom. The predicted molar refractivity (Wildman–Crippen MR) is 80.7 cm³/mol. The van der Waals surface area contributed by atoms with Gasteiger partial charge in [-0.25, -0.2) is 0 Å². The second-order valence-electron chi connectivity index (χ2n) is 5.36. The van der Waals surface area contributed by atoms with Crippen LogP contribution in [0, 0.1) is 13.0 Å². The summed E-state index contributed by atoms with van der Waals surface area (Å²) in [4.78, 5) is 22.5. The van der Waals surface area contributed by atoms with Gasteiger partial charge in [-0.15, -0.1) is 5.46 Å². The van der Waals surface area contributed by atoms with E-state index < -0.39 is 7.05 Å². The summed E-state index contributed by atoms with van der Waals surface area (Å²) in [7, 11) is -0.869. The molecule has 22 heavy (non-hydrogen) atoms. The molecule has 0 spiro atoms. The Labute approximate surface area is 146 Å². The van der Waals surface area contributed by atoms with Gasteiger partial charge in [0.1, 0.15) is 0 Å². The maximum Gasteiger partial charge on any atom is 2.00 e. The third kappa shape index (κ3) is 5.84. The summed E-state index contributed by atoms with van der Waals surface area (Å²) in [5.41, 5.74) is 1.63. The summed E-state index contributed by atoms with van der Waals surface area (Å²) >= 11 is 0. The first kappa shape index (κ1) is 18.8. The molecule has 116 valence electrons. The van der Waals surface area contributed by atoms with Gasteiger partial charge in [-0.05, 0) is 12.8 Å². The molecule has 5 nitrogen and oxygen atoms in total. The van der Waals surface area contributed by atoms with Crippen molar-refractivity contribution in [2.75, 3.05) is 0 Å². The Morgan fingerprint density at radius 1 is 1.36 bits per heavy atom. The van der Waals surface area contributed by atoms with Crippen molar-refractivity contribution < 1.29 is 35.3 Å². The molecule has 0 bridgehead atoms. The first-order valence-corrected chi connectivity index (χ1v) is 7.27. The van der Waals surface area contributed by atoms with Gasteiger partial charge in [0.25, 0.3) is 0 Å². The Balaban J connectivity index is 0.00000242. The van der Waals surface area contributed by atoms with Crippen molar-refractivity contribution in [3.63, 3.8) is 0 Å². The van der Waals surface area contributed by atoms with Crippen molar-refractivity contribution in [3.8, 4) is 0 Å². The quantitative estimate of drug-likeness (QED) is 0.503. The van der Waals surface area contributed by atoms with Crippen molar-refractivity contribution in [2.45, 2.75) is 45.1 Å². The Bertz CT molecular complexity index is 478. The third-order valence-corrected chi connectivity index (χ3v) is 3.64. The molecule has 2 amide bonds. The molecular formula is C15H19BN2O3W. The average Bonchev–Trinajstić information content (AvgIpc) is 2.48. The first-order valence-electron chi connectivity index (χ1n) is 7.27. The number of aryl methyl sites for hydroxylation is 1. The summed E-state index contributed by atoms with van der Waals surface area (Å²) in [5, 5.41) is 5.55.